The number of ketones is 1. The van der Waals surface area contributed by atoms with E-state index in [0.29, 0.717) is 5.56 Å². The number of hydrogen-bond donors (Lipinski definition) is 4. The van der Waals surface area contributed by atoms with E-state index in [-0.39, 0.29) is 41.2 Å². The number of carbonyl (C=O) groups is 1. The van der Waals surface area contributed by atoms with Crippen molar-refractivity contribution in [2.75, 3.05) is 0 Å². The molecule has 1 atom stereocenters. The van der Waals surface area contributed by atoms with Crippen LogP contribution in [0.3, 0.4) is 0 Å². The van der Waals surface area contributed by atoms with Gasteiger partial charge in [0.1, 0.15) is 23.4 Å². The third kappa shape index (κ3) is 4.61. The number of phenols is 3. The van der Waals surface area contributed by atoms with E-state index in [1.165, 1.54) is 24.3 Å². The molecular weight excluding hydrogens is 320 g/mol. The van der Waals surface area contributed by atoms with Crippen molar-refractivity contribution in [3.8, 4) is 17.2 Å². The molecule has 25 heavy (non-hydrogen) atoms. The monoisotopic (exact) mass is 342 g/mol. The number of aliphatic hydroxyl groups excluding tert-OH is 1. The Morgan fingerprint density at radius 2 is 1.68 bits per heavy atom. The van der Waals surface area contributed by atoms with Crippen molar-refractivity contribution in [2.24, 2.45) is 0 Å². The normalized spacial score (nSPS) is 11.8. The third-order valence-corrected chi connectivity index (χ3v) is 3.91. The van der Waals surface area contributed by atoms with Gasteiger partial charge in [-0.15, -0.1) is 0 Å². The first-order valence-corrected chi connectivity index (χ1v) is 7.97. The highest BCUT2D eigenvalue weighted by Crippen LogP contribution is 2.32. The number of carbonyl (C=O) groups excluding carboxylic acids is 1. The average molecular weight is 342 g/mol. The van der Waals surface area contributed by atoms with E-state index in [1.807, 2.05) is 19.9 Å². The molecule has 0 spiro atoms. The van der Waals surface area contributed by atoms with Gasteiger partial charge in [0.2, 0.25) is 0 Å². The molecule has 0 aliphatic carbocycles. The molecule has 1 unspecified atom stereocenters. The van der Waals surface area contributed by atoms with Crippen molar-refractivity contribution in [3.63, 3.8) is 0 Å². The van der Waals surface area contributed by atoms with E-state index in [1.54, 1.807) is 12.1 Å². The molecule has 5 nitrogen and oxygen atoms in total. The highest BCUT2D eigenvalue weighted by molar-refractivity contribution is 6.02. The zero-order chi connectivity index (χ0) is 18.6. The minimum atomic E-state index is -1.34. The number of benzene rings is 2. The maximum Gasteiger partial charge on any atom is 0.195 e. The summed E-state index contributed by atoms with van der Waals surface area (Å²) in [6.45, 7) is 3.79. The topological polar surface area (TPSA) is 98.0 Å². The van der Waals surface area contributed by atoms with Gasteiger partial charge in [-0.25, -0.2) is 0 Å². The van der Waals surface area contributed by atoms with Crippen LogP contribution >= 0.6 is 0 Å². The summed E-state index contributed by atoms with van der Waals surface area (Å²) in [4.78, 5) is 12.5. The Hall–Kier alpha value is -2.79. The molecule has 0 aliphatic rings. The molecule has 0 radical (unpaired) electrons. The Kier molecular flexibility index (Phi) is 5.83. The number of rotatable bonds is 6. The Bertz CT molecular complexity index is 786. The average Bonchev–Trinajstić information content (AvgIpc) is 2.56. The summed E-state index contributed by atoms with van der Waals surface area (Å²) in [5.74, 6) is -0.930. The molecule has 4 N–H and O–H groups in total. The predicted molar refractivity (Wildman–Crippen MR) is 95.1 cm³/mol. The van der Waals surface area contributed by atoms with Crippen molar-refractivity contribution in [1.82, 2.24) is 0 Å². The van der Waals surface area contributed by atoms with E-state index in [9.17, 15) is 25.2 Å². The van der Waals surface area contributed by atoms with Crippen LogP contribution in [0.2, 0.25) is 0 Å². The zero-order valence-corrected chi connectivity index (χ0v) is 14.2. The SMILES string of the molecule is CC(C)=CCc1c(O)ccc(C(=O)C(O)Cc2ccc(O)cc2)c1O. The lowest BCUT2D eigenvalue weighted by Gasteiger charge is -2.14. The Balaban J connectivity index is 2.24. The zero-order valence-electron chi connectivity index (χ0n) is 14.2. The number of phenolic OH excluding ortho intramolecular Hbond substituents is 3. The smallest absolute Gasteiger partial charge is 0.195 e. The molecule has 2 rings (SSSR count). The third-order valence-electron chi connectivity index (χ3n) is 3.91. The minimum absolute atomic E-state index is 0.0266. The van der Waals surface area contributed by atoms with Crippen LogP contribution in [-0.4, -0.2) is 32.3 Å². The van der Waals surface area contributed by atoms with Gasteiger partial charge in [0.25, 0.3) is 0 Å². The number of allylic oxidation sites excluding steroid dienone is 2. The van der Waals surface area contributed by atoms with Crippen LogP contribution in [0.4, 0.5) is 0 Å². The van der Waals surface area contributed by atoms with Crippen molar-refractivity contribution in [3.05, 3.63) is 64.7 Å². The fraction of sp³-hybridized carbons (Fsp3) is 0.250. The summed E-state index contributed by atoms with van der Waals surface area (Å²) < 4.78 is 0. The van der Waals surface area contributed by atoms with Crippen LogP contribution < -0.4 is 0 Å². The highest BCUT2D eigenvalue weighted by Gasteiger charge is 2.23. The van der Waals surface area contributed by atoms with Gasteiger partial charge in [-0.2, -0.15) is 0 Å². The molecule has 2 aromatic carbocycles. The van der Waals surface area contributed by atoms with Crippen molar-refractivity contribution in [1.29, 1.82) is 0 Å². The first-order chi connectivity index (χ1) is 11.8. The maximum absolute atomic E-state index is 12.5. The Morgan fingerprint density at radius 3 is 2.28 bits per heavy atom. The second-order valence-corrected chi connectivity index (χ2v) is 6.20. The number of aliphatic hydroxyl groups is 1. The predicted octanol–water partition coefficient (Wildman–Crippen LogP) is 3.10. The van der Waals surface area contributed by atoms with E-state index in [2.05, 4.69) is 0 Å². The molecule has 132 valence electrons. The summed E-state index contributed by atoms with van der Waals surface area (Å²) in [6.07, 6.45) is 0.838. The van der Waals surface area contributed by atoms with Crippen molar-refractivity contribution >= 4 is 5.78 Å². The minimum Gasteiger partial charge on any atom is -0.508 e. The molecule has 2 aromatic rings. The highest BCUT2D eigenvalue weighted by atomic mass is 16.3. The number of Topliss-reactive ketones (excluding diaryl/α,β-unsaturated/α-hetero) is 1. The van der Waals surface area contributed by atoms with Gasteiger partial charge in [0.15, 0.2) is 5.78 Å². The van der Waals surface area contributed by atoms with Crippen LogP contribution in [0.1, 0.15) is 35.3 Å². The lowest BCUT2D eigenvalue weighted by Crippen LogP contribution is -2.23. The Morgan fingerprint density at radius 1 is 1.04 bits per heavy atom. The summed E-state index contributed by atoms with van der Waals surface area (Å²) >= 11 is 0. The first kappa shape index (κ1) is 18.5. The lowest BCUT2D eigenvalue weighted by atomic mass is 9.96. The molecule has 0 heterocycles. The standard InChI is InChI=1S/C20H22O5/c1-12(2)3-8-15-17(22)10-9-16(19(15)24)20(25)18(23)11-13-4-6-14(21)7-5-13/h3-7,9-10,18,21-24H,8,11H2,1-2H3. The van der Waals surface area contributed by atoms with Crippen LogP contribution in [-0.2, 0) is 12.8 Å². The molecular formula is C20H22O5. The fourth-order valence-corrected chi connectivity index (χ4v) is 2.46. The van der Waals surface area contributed by atoms with E-state index in [0.717, 1.165) is 5.57 Å². The quantitative estimate of drug-likeness (QED) is 0.478. The van der Waals surface area contributed by atoms with Crippen LogP contribution in [0.25, 0.3) is 0 Å². The second kappa shape index (κ2) is 7.85. The largest absolute Gasteiger partial charge is 0.508 e. The number of aromatic hydroxyl groups is 3. The fourth-order valence-electron chi connectivity index (χ4n) is 2.46. The molecule has 0 amide bonds. The van der Waals surface area contributed by atoms with Crippen LogP contribution in [0, 0.1) is 0 Å². The molecule has 0 aromatic heterocycles. The number of hydrogen-bond acceptors (Lipinski definition) is 5. The molecule has 0 bridgehead atoms. The molecule has 0 fully saturated rings. The van der Waals surface area contributed by atoms with Gasteiger partial charge in [-0.05, 0) is 50.1 Å². The van der Waals surface area contributed by atoms with Crippen LogP contribution in [0.5, 0.6) is 17.2 Å². The van der Waals surface area contributed by atoms with Gasteiger partial charge in [0, 0.05) is 12.0 Å². The molecule has 0 aliphatic heterocycles. The molecule has 5 heteroatoms. The van der Waals surface area contributed by atoms with Crippen molar-refractivity contribution in [2.45, 2.75) is 32.8 Å². The van der Waals surface area contributed by atoms with Gasteiger partial charge >= 0.3 is 0 Å². The van der Waals surface area contributed by atoms with Gasteiger partial charge < -0.3 is 20.4 Å². The summed E-state index contributed by atoms with van der Waals surface area (Å²) in [5, 5.41) is 39.7. The van der Waals surface area contributed by atoms with E-state index in [4.69, 9.17) is 0 Å². The Labute approximate surface area is 146 Å². The summed E-state index contributed by atoms with van der Waals surface area (Å²) in [6, 6.07) is 8.82. The summed E-state index contributed by atoms with van der Waals surface area (Å²) in [7, 11) is 0. The molecule has 0 saturated carbocycles. The maximum atomic E-state index is 12.5. The van der Waals surface area contributed by atoms with Gasteiger partial charge in [-0.1, -0.05) is 23.8 Å². The first-order valence-electron chi connectivity index (χ1n) is 7.97. The van der Waals surface area contributed by atoms with Gasteiger partial charge in [0.05, 0.1) is 5.56 Å². The van der Waals surface area contributed by atoms with E-state index >= 15 is 0 Å². The van der Waals surface area contributed by atoms with Crippen LogP contribution in [0.15, 0.2) is 48.0 Å². The molecule has 0 saturated heterocycles. The lowest BCUT2D eigenvalue weighted by molar-refractivity contribution is 0.0745. The second-order valence-electron chi connectivity index (χ2n) is 6.20. The van der Waals surface area contributed by atoms with Gasteiger partial charge in [-0.3, -0.25) is 4.79 Å². The summed E-state index contributed by atoms with van der Waals surface area (Å²) in [5.41, 5.74) is 1.93. The van der Waals surface area contributed by atoms with E-state index < -0.39 is 11.9 Å². The van der Waals surface area contributed by atoms with Crippen molar-refractivity contribution < 1.29 is 25.2 Å².